The van der Waals surface area contributed by atoms with Crippen molar-refractivity contribution in [2.75, 3.05) is 18.4 Å². The van der Waals surface area contributed by atoms with E-state index in [-0.39, 0.29) is 0 Å². The fourth-order valence-corrected chi connectivity index (χ4v) is 4.48. The zero-order valence-corrected chi connectivity index (χ0v) is 18.0. The van der Waals surface area contributed by atoms with E-state index >= 15 is 0 Å². The van der Waals surface area contributed by atoms with E-state index in [1.807, 2.05) is 84.9 Å². The number of benzene rings is 3. The lowest BCUT2D eigenvalue weighted by Crippen LogP contribution is -2.59. The van der Waals surface area contributed by atoms with Crippen molar-refractivity contribution in [2.24, 2.45) is 0 Å². The minimum Gasteiger partial charge on any atom is -0.313 e. The van der Waals surface area contributed by atoms with Crippen LogP contribution in [-0.2, 0) is 12.1 Å². The Hall–Kier alpha value is -3.25. The zero-order chi connectivity index (χ0) is 22.6. The third-order valence-electron chi connectivity index (χ3n) is 5.84. The van der Waals surface area contributed by atoms with Crippen LogP contribution in [0.25, 0.3) is 0 Å². The standard InChI is InChI=1S/C26H27F2N3O/c1-25(27,28)19-31-24(32)30-23-15-9-8-14-22(23)26(31,21-12-6-3-7-13-21)16-17-29-18-20-10-4-2-5-11-20/h2-15,29H,16-19H2,1H3,(H,30,32). The second kappa shape index (κ2) is 9.09. The van der Waals surface area contributed by atoms with Crippen LogP contribution >= 0.6 is 0 Å². The van der Waals surface area contributed by atoms with Gasteiger partial charge in [-0.25, -0.2) is 13.6 Å². The van der Waals surface area contributed by atoms with E-state index in [1.165, 1.54) is 4.90 Å². The van der Waals surface area contributed by atoms with Crippen LogP contribution in [0.1, 0.15) is 30.0 Å². The van der Waals surface area contributed by atoms with E-state index in [9.17, 15) is 13.6 Å². The summed E-state index contributed by atoms with van der Waals surface area (Å²) in [5.41, 5.74) is 2.40. The lowest BCUT2D eigenvalue weighted by atomic mass is 9.76. The summed E-state index contributed by atoms with van der Waals surface area (Å²) in [6.07, 6.45) is 0.449. The molecule has 4 nitrogen and oxygen atoms in total. The molecule has 0 saturated carbocycles. The van der Waals surface area contributed by atoms with Gasteiger partial charge in [-0.3, -0.25) is 0 Å². The number of halogens is 2. The van der Waals surface area contributed by atoms with Crippen molar-refractivity contribution in [1.29, 1.82) is 0 Å². The van der Waals surface area contributed by atoms with E-state index in [2.05, 4.69) is 10.6 Å². The maximum atomic E-state index is 14.3. The monoisotopic (exact) mass is 435 g/mol. The van der Waals surface area contributed by atoms with Crippen molar-refractivity contribution in [1.82, 2.24) is 10.2 Å². The van der Waals surface area contributed by atoms with Gasteiger partial charge in [0, 0.05) is 24.7 Å². The van der Waals surface area contributed by atoms with Gasteiger partial charge >= 0.3 is 6.03 Å². The van der Waals surface area contributed by atoms with E-state index in [0.717, 1.165) is 23.6 Å². The molecule has 32 heavy (non-hydrogen) atoms. The molecule has 0 aromatic heterocycles. The first-order valence-corrected chi connectivity index (χ1v) is 10.8. The zero-order valence-electron chi connectivity index (χ0n) is 18.0. The number of urea groups is 1. The molecule has 1 aliphatic rings. The van der Waals surface area contributed by atoms with Gasteiger partial charge in [-0.1, -0.05) is 78.9 Å². The van der Waals surface area contributed by atoms with Crippen LogP contribution in [-0.4, -0.2) is 29.9 Å². The molecule has 0 aliphatic carbocycles. The highest BCUT2D eigenvalue weighted by molar-refractivity contribution is 5.94. The van der Waals surface area contributed by atoms with E-state index in [0.29, 0.717) is 25.2 Å². The number of hydrogen-bond donors (Lipinski definition) is 2. The molecule has 0 saturated heterocycles. The van der Waals surface area contributed by atoms with Gasteiger partial charge in [-0.2, -0.15) is 0 Å². The molecular formula is C26H27F2N3O. The molecule has 6 heteroatoms. The van der Waals surface area contributed by atoms with E-state index in [4.69, 9.17) is 0 Å². The number of alkyl halides is 2. The normalized spacial score (nSPS) is 18.2. The van der Waals surface area contributed by atoms with Gasteiger partial charge in [0.25, 0.3) is 5.92 Å². The molecule has 1 atom stereocenters. The SMILES string of the molecule is CC(F)(F)CN1C(=O)Nc2ccccc2C1(CCNCc1ccccc1)c1ccccc1. The Morgan fingerprint density at radius 2 is 1.56 bits per heavy atom. The average molecular weight is 436 g/mol. The fraction of sp³-hybridized carbons (Fsp3) is 0.269. The summed E-state index contributed by atoms with van der Waals surface area (Å²) in [6.45, 7) is 1.37. The Morgan fingerprint density at radius 3 is 2.25 bits per heavy atom. The van der Waals surface area contributed by atoms with Crippen molar-refractivity contribution in [3.05, 3.63) is 102 Å². The number of carbonyl (C=O) groups is 1. The molecule has 2 N–H and O–H groups in total. The van der Waals surface area contributed by atoms with Crippen LogP contribution in [0.5, 0.6) is 0 Å². The van der Waals surface area contributed by atoms with Crippen LogP contribution in [0.4, 0.5) is 19.3 Å². The predicted molar refractivity (Wildman–Crippen MR) is 123 cm³/mol. The number of rotatable bonds is 8. The minimum absolute atomic E-state index is 0.449. The number of amides is 2. The summed E-state index contributed by atoms with van der Waals surface area (Å²) >= 11 is 0. The molecule has 0 fully saturated rings. The first-order valence-electron chi connectivity index (χ1n) is 10.8. The Balaban J connectivity index is 1.75. The molecular weight excluding hydrogens is 408 g/mol. The molecule has 0 radical (unpaired) electrons. The molecule has 0 bridgehead atoms. The van der Waals surface area contributed by atoms with Crippen LogP contribution in [0.3, 0.4) is 0 Å². The number of carbonyl (C=O) groups excluding carboxylic acids is 1. The third-order valence-corrected chi connectivity index (χ3v) is 5.84. The van der Waals surface area contributed by atoms with Crippen molar-refractivity contribution in [3.63, 3.8) is 0 Å². The number of para-hydroxylation sites is 1. The molecule has 1 aliphatic heterocycles. The number of hydrogen-bond acceptors (Lipinski definition) is 2. The lowest BCUT2D eigenvalue weighted by molar-refractivity contribution is -0.0262. The maximum absolute atomic E-state index is 14.3. The molecule has 1 heterocycles. The summed E-state index contributed by atoms with van der Waals surface area (Å²) in [6, 6.07) is 26.4. The summed E-state index contributed by atoms with van der Waals surface area (Å²) in [4.78, 5) is 14.4. The molecule has 3 aromatic rings. The minimum atomic E-state index is -3.04. The summed E-state index contributed by atoms with van der Waals surface area (Å²) in [5.74, 6) is -3.04. The smallest absolute Gasteiger partial charge is 0.313 e. The summed E-state index contributed by atoms with van der Waals surface area (Å²) in [7, 11) is 0. The molecule has 3 aromatic carbocycles. The Bertz CT molecular complexity index is 1050. The quantitative estimate of drug-likeness (QED) is 0.452. The molecule has 0 spiro atoms. The highest BCUT2D eigenvalue weighted by Gasteiger charge is 2.49. The number of nitrogens with zero attached hydrogens (tertiary/aromatic N) is 1. The van der Waals surface area contributed by atoms with Gasteiger partial charge in [-0.05, 0) is 30.2 Å². The van der Waals surface area contributed by atoms with E-state index in [1.54, 1.807) is 0 Å². The number of nitrogens with one attached hydrogen (secondary N) is 2. The van der Waals surface area contributed by atoms with Crippen molar-refractivity contribution < 1.29 is 13.6 Å². The number of anilines is 1. The second-order valence-electron chi connectivity index (χ2n) is 8.27. The Labute approximate surface area is 187 Å². The fourth-order valence-electron chi connectivity index (χ4n) is 4.48. The first-order chi connectivity index (χ1) is 15.4. The van der Waals surface area contributed by atoms with Crippen LogP contribution in [0.2, 0.25) is 0 Å². The third kappa shape index (κ3) is 4.50. The molecule has 166 valence electrons. The summed E-state index contributed by atoms with van der Waals surface area (Å²) < 4.78 is 28.6. The molecule has 2 amide bonds. The Morgan fingerprint density at radius 1 is 0.938 bits per heavy atom. The van der Waals surface area contributed by atoms with Gasteiger partial charge in [0.05, 0.1) is 12.1 Å². The largest absolute Gasteiger partial charge is 0.323 e. The van der Waals surface area contributed by atoms with Crippen LogP contribution in [0, 0.1) is 0 Å². The summed E-state index contributed by atoms with van der Waals surface area (Å²) in [5, 5.41) is 6.23. The van der Waals surface area contributed by atoms with E-state index < -0.39 is 24.0 Å². The maximum Gasteiger partial charge on any atom is 0.323 e. The highest BCUT2D eigenvalue weighted by atomic mass is 19.3. The van der Waals surface area contributed by atoms with Crippen molar-refractivity contribution in [2.45, 2.75) is 31.4 Å². The number of fused-ring (bicyclic) bond motifs is 1. The van der Waals surface area contributed by atoms with Gasteiger partial charge in [0.1, 0.15) is 0 Å². The first kappa shape index (κ1) is 22.0. The van der Waals surface area contributed by atoms with Crippen molar-refractivity contribution >= 4 is 11.7 Å². The predicted octanol–water partition coefficient (Wildman–Crippen LogP) is 5.61. The van der Waals surface area contributed by atoms with Gasteiger partial charge < -0.3 is 15.5 Å². The second-order valence-corrected chi connectivity index (χ2v) is 8.27. The van der Waals surface area contributed by atoms with Crippen molar-refractivity contribution in [3.8, 4) is 0 Å². The van der Waals surface area contributed by atoms with Gasteiger partial charge in [-0.15, -0.1) is 0 Å². The molecule has 1 unspecified atom stereocenters. The lowest BCUT2D eigenvalue weighted by Gasteiger charge is -2.49. The Kier molecular flexibility index (Phi) is 6.24. The van der Waals surface area contributed by atoms with Crippen LogP contribution in [0.15, 0.2) is 84.9 Å². The topological polar surface area (TPSA) is 44.4 Å². The van der Waals surface area contributed by atoms with Crippen LogP contribution < -0.4 is 10.6 Å². The van der Waals surface area contributed by atoms with Gasteiger partial charge in [0.15, 0.2) is 0 Å². The molecule has 4 rings (SSSR count). The van der Waals surface area contributed by atoms with Gasteiger partial charge in [0.2, 0.25) is 0 Å². The average Bonchev–Trinajstić information content (AvgIpc) is 2.79. The highest BCUT2D eigenvalue weighted by Crippen LogP contribution is 2.46.